The molecular weight excluding hydrogens is 150 g/mol. The lowest BCUT2D eigenvalue weighted by molar-refractivity contribution is 0.0887. The Bertz CT molecular complexity index is 110. The smallest absolute Gasteiger partial charge is 0.0619 e. The Morgan fingerprint density at radius 2 is 2.42 bits per heavy atom. The third-order valence-corrected chi connectivity index (χ3v) is 2.58. The van der Waals surface area contributed by atoms with E-state index in [1.165, 1.54) is 25.8 Å². The second kappa shape index (κ2) is 5.55. The van der Waals surface area contributed by atoms with E-state index in [1.54, 1.807) is 0 Å². The van der Waals surface area contributed by atoms with Gasteiger partial charge in [-0.05, 0) is 25.3 Å². The van der Waals surface area contributed by atoms with Gasteiger partial charge in [0.05, 0.1) is 6.61 Å². The molecule has 0 aromatic heterocycles. The Hall–Kier alpha value is -0.0800. The van der Waals surface area contributed by atoms with E-state index in [2.05, 4.69) is 19.2 Å². The van der Waals surface area contributed by atoms with E-state index in [0.717, 1.165) is 13.2 Å². The first kappa shape index (κ1) is 10.0. The Balaban J connectivity index is 1.94. The van der Waals surface area contributed by atoms with Crippen LogP contribution in [0.4, 0.5) is 0 Å². The van der Waals surface area contributed by atoms with E-state index in [-0.39, 0.29) is 0 Å². The molecule has 12 heavy (non-hydrogen) atoms. The summed E-state index contributed by atoms with van der Waals surface area (Å²) in [6.45, 7) is 7.46. The number of hydrogen-bond acceptors (Lipinski definition) is 2. The molecule has 0 radical (unpaired) electrons. The molecule has 2 atom stereocenters. The van der Waals surface area contributed by atoms with Gasteiger partial charge in [0, 0.05) is 12.6 Å². The van der Waals surface area contributed by atoms with Crippen molar-refractivity contribution in [1.29, 1.82) is 0 Å². The second-order valence-electron chi connectivity index (χ2n) is 3.84. The average molecular weight is 171 g/mol. The lowest BCUT2D eigenvalue weighted by Gasteiger charge is -2.13. The molecule has 1 N–H and O–H groups in total. The third-order valence-electron chi connectivity index (χ3n) is 2.58. The van der Waals surface area contributed by atoms with Gasteiger partial charge in [0.1, 0.15) is 0 Å². The summed E-state index contributed by atoms with van der Waals surface area (Å²) in [7, 11) is 0. The minimum Gasteiger partial charge on any atom is -0.380 e. The molecule has 1 saturated heterocycles. The fourth-order valence-electron chi connectivity index (χ4n) is 1.43. The van der Waals surface area contributed by atoms with Crippen molar-refractivity contribution in [3.63, 3.8) is 0 Å². The van der Waals surface area contributed by atoms with E-state index >= 15 is 0 Å². The second-order valence-corrected chi connectivity index (χ2v) is 3.84. The van der Waals surface area contributed by atoms with Crippen LogP contribution in [0.1, 0.15) is 33.1 Å². The van der Waals surface area contributed by atoms with Crippen molar-refractivity contribution in [1.82, 2.24) is 5.32 Å². The molecule has 1 fully saturated rings. The third kappa shape index (κ3) is 3.55. The zero-order chi connectivity index (χ0) is 8.81. The summed E-state index contributed by atoms with van der Waals surface area (Å²) in [6, 6.07) is 0.633. The van der Waals surface area contributed by atoms with Crippen LogP contribution in [0.2, 0.25) is 0 Å². The molecule has 0 aliphatic carbocycles. The van der Waals surface area contributed by atoms with Gasteiger partial charge in [-0.15, -0.1) is 0 Å². The van der Waals surface area contributed by atoms with Crippen molar-refractivity contribution in [2.45, 2.75) is 39.2 Å². The van der Waals surface area contributed by atoms with Crippen LogP contribution >= 0.6 is 0 Å². The van der Waals surface area contributed by atoms with Crippen LogP contribution in [0.5, 0.6) is 0 Å². The van der Waals surface area contributed by atoms with Gasteiger partial charge in [0.25, 0.3) is 0 Å². The molecule has 0 saturated carbocycles. The Morgan fingerprint density at radius 1 is 1.58 bits per heavy atom. The van der Waals surface area contributed by atoms with Crippen LogP contribution in [-0.4, -0.2) is 25.8 Å². The molecule has 0 amide bonds. The molecule has 0 bridgehead atoms. The number of rotatable bonds is 5. The van der Waals surface area contributed by atoms with Crippen molar-refractivity contribution in [3.8, 4) is 0 Å². The summed E-state index contributed by atoms with van der Waals surface area (Å²) in [5.74, 6) is 0.714. The van der Waals surface area contributed by atoms with E-state index in [4.69, 9.17) is 4.74 Å². The molecule has 1 aliphatic heterocycles. The lowest BCUT2D eigenvalue weighted by atomic mass is 10.1. The van der Waals surface area contributed by atoms with Crippen LogP contribution in [0.25, 0.3) is 0 Å². The monoisotopic (exact) mass is 171 g/mol. The number of hydrogen-bond donors (Lipinski definition) is 1. The van der Waals surface area contributed by atoms with Gasteiger partial charge >= 0.3 is 0 Å². The molecule has 0 spiro atoms. The molecule has 1 heterocycles. The molecule has 0 aromatic carbocycles. The summed E-state index contributed by atoms with van der Waals surface area (Å²) in [5, 5.41) is 3.42. The minimum atomic E-state index is 0.633. The molecule has 72 valence electrons. The number of nitrogens with one attached hydrogen (secondary N) is 1. The summed E-state index contributed by atoms with van der Waals surface area (Å²) in [6.07, 6.45) is 3.83. The van der Waals surface area contributed by atoms with E-state index in [0.29, 0.717) is 12.0 Å². The van der Waals surface area contributed by atoms with Gasteiger partial charge in [0.2, 0.25) is 0 Å². The molecule has 2 unspecified atom stereocenters. The summed E-state index contributed by atoms with van der Waals surface area (Å²) >= 11 is 0. The average Bonchev–Trinajstić information content (AvgIpc) is 2.57. The Morgan fingerprint density at radius 3 is 3.00 bits per heavy atom. The van der Waals surface area contributed by atoms with Crippen LogP contribution in [0.3, 0.4) is 0 Å². The normalized spacial score (nSPS) is 26.0. The van der Waals surface area contributed by atoms with Gasteiger partial charge < -0.3 is 10.1 Å². The van der Waals surface area contributed by atoms with Gasteiger partial charge in [-0.3, -0.25) is 0 Å². The minimum absolute atomic E-state index is 0.633. The quantitative estimate of drug-likeness (QED) is 0.681. The first-order valence-corrected chi connectivity index (χ1v) is 5.14. The maximum Gasteiger partial charge on any atom is 0.0619 e. The fourth-order valence-corrected chi connectivity index (χ4v) is 1.43. The molecule has 2 heteroatoms. The zero-order valence-corrected chi connectivity index (χ0v) is 8.31. The van der Waals surface area contributed by atoms with Crippen molar-refractivity contribution >= 4 is 0 Å². The molecular formula is C10H21NO. The van der Waals surface area contributed by atoms with Crippen molar-refractivity contribution in [2.24, 2.45) is 5.92 Å². The van der Waals surface area contributed by atoms with Gasteiger partial charge in [-0.25, -0.2) is 0 Å². The Kier molecular flexibility index (Phi) is 4.62. The van der Waals surface area contributed by atoms with Crippen LogP contribution in [0, 0.1) is 5.92 Å². The highest BCUT2D eigenvalue weighted by atomic mass is 16.5. The van der Waals surface area contributed by atoms with E-state index < -0.39 is 0 Å². The topological polar surface area (TPSA) is 21.3 Å². The van der Waals surface area contributed by atoms with Crippen LogP contribution < -0.4 is 5.32 Å². The molecule has 1 rings (SSSR count). The van der Waals surface area contributed by atoms with Crippen LogP contribution in [0.15, 0.2) is 0 Å². The fraction of sp³-hybridized carbons (Fsp3) is 1.00. The van der Waals surface area contributed by atoms with E-state index in [9.17, 15) is 0 Å². The molecule has 2 nitrogen and oxygen atoms in total. The SMILES string of the molecule is CCC(C)COCC1CCCN1. The highest BCUT2D eigenvalue weighted by molar-refractivity contribution is 4.73. The van der Waals surface area contributed by atoms with Crippen molar-refractivity contribution < 1.29 is 4.74 Å². The largest absolute Gasteiger partial charge is 0.380 e. The highest BCUT2D eigenvalue weighted by Crippen LogP contribution is 2.06. The standard InChI is InChI=1S/C10H21NO/c1-3-9(2)7-12-8-10-5-4-6-11-10/h9-11H,3-8H2,1-2H3. The predicted octanol–water partition coefficient (Wildman–Crippen LogP) is 1.80. The summed E-state index contributed by atoms with van der Waals surface area (Å²) in [4.78, 5) is 0. The lowest BCUT2D eigenvalue weighted by Crippen LogP contribution is -2.27. The number of ether oxygens (including phenoxy) is 1. The van der Waals surface area contributed by atoms with Crippen molar-refractivity contribution in [3.05, 3.63) is 0 Å². The predicted molar refractivity (Wildman–Crippen MR) is 51.3 cm³/mol. The van der Waals surface area contributed by atoms with Gasteiger partial charge in [0.15, 0.2) is 0 Å². The van der Waals surface area contributed by atoms with Crippen molar-refractivity contribution in [2.75, 3.05) is 19.8 Å². The molecule has 0 aromatic rings. The van der Waals surface area contributed by atoms with Gasteiger partial charge in [-0.1, -0.05) is 20.3 Å². The summed E-state index contributed by atoms with van der Waals surface area (Å²) < 4.78 is 5.61. The van der Waals surface area contributed by atoms with E-state index in [1.807, 2.05) is 0 Å². The van der Waals surface area contributed by atoms with Gasteiger partial charge in [-0.2, -0.15) is 0 Å². The highest BCUT2D eigenvalue weighted by Gasteiger charge is 2.13. The maximum atomic E-state index is 5.61. The Labute approximate surface area is 75.7 Å². The maximum absolute atomic E-state index is 5.61. The first-order valence-electron chi connectivity index (χ1n) is 5.14. The molecule has 1 aliphatic rings. The summed E-state index contributed by atoms with van der Waals surface area (Å²) in [5.41, 5.74) is 0. The first-order chi connectivity index (χ1) is 5.83. The zero-order valence-electron chi connectivity index (χ0n) is 8.31. The van der Waals surface area contributed by atoms with Crippen LogP contribution in [-0.2, 0) is 4.74 Å².